The summed E-state index contributed by atoms with van der Waals surface area (Å²) in [5, 5.41) is 1.47. The van der Waals surface area contributed by atoms with Gasteiger partial charge in [-0.2, -0.15) is 0 Å². The van der Waals surface area contributed by atoms with Crippen molar-refractivity contribution in [1.82, 2.24) is 9.55 Å². The molecule has 0 unspecified atom stereocenters. The molecule has 78 valence electrons. The zero-order valence-corrected chi connectivity index (χ0v) is 9.54. The van der Waals surface area contributed by atoms with Gasteiger partial charge in [-0.3, -0.25) is 9.36 Å². The van der Waals surface area contributed by atoms with Crippen molar-refractivity contribution in [1.29, 1.82) is 0 Å². The van der Waals surface area contributed by atoms with Crippen molar-refractivity contribution in [2.45, 2.75) is 18.6 Å². The van der Waals surface area contributed by atoms with E-state index in [1.54, 1.807) is 4.57 Å². The number of fused-ring (bicyclic) bond motifs is 1. The molecule has 1 aromatic heterocycles. The minimum Gasteiger partial charge on any atom is -0.287 e. The lowest BCUT2D eigenvalue weighted by Gasteiger charge is -2.08. The Hall–Kier alpha value is -1.29. The fraction of sp³-hybridized carbons (Fsp3) is 0.273. The predicted octanol–water partition coefficient (Wildman–Crippen LogP) is 2.14. The maximum Gasteiger partial charge on any atom is 0.262 e. The highest BCUT2D eigenvalue weighted by Gasteiger charge is 2.07. The lowest BCUT2D eigenvalue weighted by Crippen LogP contribution is -2.22. The number of rotatable bonds is 2. The van der Waals surface area contributed by atoms with Crippen molar-refractivity contribution in [3.05, 3.63) is 34.6 Å². The topological polar surface area (TPSA) is 34.9 Å². The number of hydrogen-bond donors (Lipinski definition) is 0. The van der Waals surface area contributed by atoms with Crippen molar-refractivity contribution in [3.8, 4) is 0 Å². The fourth-order valence-corrected chi connectivity index (χ4v) is 2.20. The van der Waals surface area contributed by atoms with E-state index in [0.29, 0.717) is 11.9 Å². The van der Waals surface area contributed by atoms with Crippen LogP contribution in [0.3, 0.4) is 0 Å². The molecule has 0 spiro atoms. The Morgan fingerprint density at radius 2 is 2.13 bits per heavy atom. The first-order chi connectivity index (χ1) is 7.27. The Morgan fingerprint density at radius 3 is 2.80 bits per heavy atom. The average Bonchev–Trinajstić information content (AvgIpc) is 2.29. The van der Waals surface area contributed by atoms with Crippen molar-refractivity contribution < 1.29 is 0 Å². The molecule has 0 aliphatic heterocycles. The van der Waals surface area contributed by atoms with Gasteiger partial charge in [0.25, 0.3) is 5.56 Å². The molecule has 0 N–H and O–H groups in total. The highest BCUT2D eigenvalue weighted by Crippen LogP contribution is 2.14. The third kappa shape index (κ3) is 1.65. The van der Waals surface area contributed by atoms with Crippen LogP contribution >= 0.6 is 11.8 Å². The van der Waals surface area contributed by atoms with E-state index in [1.807, 2.05) is 37.4 Å². The fourth-order valence-electron chi connectivity index (χ4n) is 1.58. The van der Waals surface area contributed by atoms with Gasteiger partial charge in [0.05, 0.1) is 10.9 Å². The summed E-state index contributed by atoms with van der Waals surface area (Å²) in [7, 11) is 0. The molecule has 0 fully saturated rings. The van der Waals surface area contributed by atoms with Gasteiger partial charge in [0.2, 0.25) is 0 Å². The predicted molar refractivity (Wildman–Crippen MR) is 63.5 cm³/mol. The van der Waals surface area contributed by atoms with Gasteiger partial charge in [-0.1, -0.05) is 23.9 Å². The maximum atomic E-state index is 12.0. The van der Waals surface area contributed by atoms with E-state index in [1.165, 1.54) is 11.8 Å². The minimum atomic E-state index is 0.0486. The number of nitrogens with zero attached hydrogens (tertiary/aromatic N) is 2. The van der Waals surface area contributed by atoms with Crippen LogP contribution in [0.5, 0.6) is 0 Å². The summed E-state index contributed by atoms with van der Waals surface area (Å²) >= 11 is 1.50. The number of benzene rings is 1. The third-order valence-corrected chi connectivity index (χ3v) is 3.00. The Bertz CT molecular complexity index is 548. The van der Waals surface area contributed by atoms with Gasteiger partial charge in [-0.25, -0.2) is 4.98 Å². The van der Waals surface area contributed by atoms with Crippen LogP contribution in [0, 0.1) is 0 Å². The molecular formula is C11H12N2OS. The SMILES string of the molecule is CCn1c(SC)nc2ccccc2c1=O. The summed E-state index contributed by atoms with van der Waals surface area (Å²) in [6, 6.07) is 7.46. The summed E-state index contributed by atoms with van der Waals surface area (Å²) in [5.74, 6) is 0. The number of aromatic nitrogens is 2. The molecule has 15 heavy (non-hydrogen) atoms. The van der Waals surface area contributed by atoms with E-state index in [0.717, 1.165) is 10.7 Å². The lowest BCUT2D eigenvalue weighted by atomic mass is 10.2. The molecule has 0 atom stereocenters. The van der Waals surface area contributed by atoms with Gasteiger partial charge in [0.1, 0.15) is 0 Å². The van der Waals surface area contributed by atoms with Crippen molar-refractivity contribution in [2.75, 3.05) is 6.26 Å². The summed E-state index contributed by atoms with van der Waals surface area (Å²) < 4.78 is 1.70. The van der Waals surface area contributed by atoms with Gasteiger partial charge in [-0.05, 0) is 25.3 Å². The maximum absolute atomic E-state index is 12.0. The van der Waals surface area contributed by atoms with Gasteiger partial charge >= 0.3 is 0 Å². The summed E-state index contributed by atoms with van der Waals surface area (Å²) in [4.78, 5) is 16.5. The smallest absolute Gasteiger partial charge is 0.262 e. The first-order valence-corrected chi connectivity index (χ1v) is 6.04. The second kappa shape index (κ2) is 4.06. The number of para-hydroxylation sites is 1. The Kier molecular flexibility index (Phi) is 2.77. The Labute approximate surface area is 92.1 Å². The molecule has 0 amide bonds. The van der Waals surface area contributed by atoms with Crippen LogP contribution in [0.15, 0.2) is 34.2 Å². The van der Waals surface area contributed by atoms with E-state index >= 15 is 0 Å². The van der Waals surface area contributed by atoms with Crippen molar-refractivity contribution in [3.63, 3.8) is 0 Å². The van der Waals surface area contributed by atoms with Crippen molar-refractivity contribution >= 4 is 22.7 Å². The van der Waals surface area contributed by atoms with E-state index in [9.17, 15) is 4.79 Å². The number of hydrogen-bond acceptors (Lipinski definition) is 3. The summed E-state index contributed by atoms with van der Waals surface area (Å²) in [5.41, 5.74) is 0.823. The van der Waals surface area contributed by atoms with Crippen LogP contribution in [0.25, 0.3) is 10.9 Å². The first-order valence-electron chi connectivity index (χ1n) is 4.81. The van der Waals surface area contributed by atoms with Crippen LogP contribution in [0.4, 0.5) is 0 Å². The molecule has 0 radical (unpaired) electrons. The van der Waals surface area contributed by atoms with Crippen LogP contribution < -0.4 is 5.56 Å². The van der Waals surface area contributed by atoms with E-state index in [-0.39, 0.29) is 5.56 Å². The Balaban J connectivity index is 2.88. The van der Waals surface area contributed by atoms with Crippen LogP contribution in [-0.4, -0.2) is 15.8 Å². The molecule has 2 rings (SSSR count). The average molecular weight is 220 g/mol. The normalized spacial score (nSPS) is 10.8. The van der Waals surface area contributed by atoms with Gasteiger partial charge < -0.3 is 0 Å². The van der Waals surface area contributed by atoms with Gasteiger partial charge in [-0.15, -0.1) is 0 Å². The molecule has 0 bridgehead atoms. The zero-order valence-electron chi connectivity index (χ0n) is 8.73. The van der Waals surface area contributed by atoms with Gasteiger partial charge in [0, 0.05) is 6.54 Å². The minimum absolute atomic E-state index is 0.0486. The quantitative estimate of drug-likeness (QED) is 0.574. The van der Waals surface area contributed by atoms with Gasteiger partial charge in [0.15, 0.2) is 5.16 Å². The standard InChI is InChI=1S/C11H12N2OS/c1-3-13-10(14)8-6-4-5-7-9(8)12-11(13)15-2/h4-7H,3H2,1-2H3. The van der Waals surface area contributed by atoms with Crippen LogP contribution in [-0.2, 0) is 6.54 Å². The number of thioether (sulfide) groups is 1. The second-order valence-electron chi connectivity index (χ2n) is 3.17. The molecule has 0 saturated carbocycles. The monoisotopic (exact) mass is 220 g/mol. The molecule has 1 aromatic carbocycles. The molecule has 2 aromatic rings. The van der Waals surface area contributed by atoms with E-state index in [2.05, 4.69) is 4.98 Å². The highest BCUT2D eigenvalue weighted by atomic mass is 32.2. The van der Waals surface area contributed by atoms with E-state index < -0.39 is 0 Å². The van der Waals surface area contributed by atoms with Crippen LogP contribution in [0.1, 0.15) is 6.92 Å². The largest absolute Gasteiger partial charge is 0.287 e. The lowest BCUT2D eigenvalue weighted by molar-refractivity contribution is 0.635. The molecule has 0 aliphatic carbocycles. The Morgan fingerprint density at radius 1 is 1.40 bits per heavy atom. The second-order valence-corrected chi connectivity index (χ2v) is 3.94. The van der Waals surface area contributed by atoms with E-state index in [4.69, 9.17) is 0 Å². The zero-order chi connectivity index (χ0) is 10.8. The van der Waals surface area contributed by atoms with Crippen LogP contribution in [0.2, 0.25) is 0 Å². The summed E-state index contributed by atoms with van der Waals surface area (Å²) in [6.07, 6.45) is 1.93. The molecule has 1 heterocycles. The molecular weight excluding hydrogens is 208 g/mol. The third-order valence-electron chi connectivity index (χ3n) is 2.33. The molecule has 4 heteroatoms. The highest BCUT2D eigenvalue weighted by molar-refractivity contribution is 7.98. The molecule has 0 saturated heterocycles. The molecule has 3 nitrogen and oxygen atoms in total. The molecule has 0 aliphatic rings. The summed E-state index contributed by atoms with van der Waals surface area (Å²) in [6.45, 7) is 2.62. The van der Waals surface area contributed by atoms with Crippen molar-refractivity contribution in [2.24, 2.45) is 0 Å². The first kappa shape index (κ1) is 10.2.